The zero-order chi connectivity index (χ0) is 15.3. The van der Waals surface area contributed by atoms with Crippen molar-refractivity contribution < 1.29 is 32.6 Å². The maximum atomic E-state index is 12.0. The molecule has 1 aromatic carbocycles. The molecular formula is C11H7BrF3NO4. The number of ether oxygens (including phenoxy) is 1. The van der Waals surface area contributed by atoms with E-state index in [1.807, 2.05) is 0 Å². The minimum atomic E-state index is -4.81. The number of alkyl halides is 3. The van der Waals surface area contributed by atoms with Gasteiger partial charge in [0.2, 0.25) is 5.91 Å². The lowest BCUT2D eigenvalue weighted by atomic mass is 10.3. The van der Waals surface area contributed by atoms with Gasteiger partial charge in [-0.3, -0.25) is 4.79 Å². The Bertz CT molecular complexity index is 557. The number of carboxylic acid groups (broad SMARTS) is 1. The second-order valence-corrected chi connectivity index (χ2v) is 4.20. The summed E-state index contributed by atoms with van der Waals surface area (Å²) in [5.74, 6) is -2.49. The molecule has 0 saturated heterocycles. The summed E-state index contributed by atoms with van der Waals surface area (Å²) < 4.78 is 39.8. The Kier molecular flexibility index (Phi) is 5.14. The highest BCUT2D eigenvalue weighted by Crippen LogP contribution is 2.30. The van der Waals surface area contributed by atoms with Crippen molar-refractivity contribution in [3.05, 3.63) is 34.8 Å². The molecular weight excluding hydrogens is 347 g/mol. The highest BCUT2D eigenvalue weighted by molar-refractivity contribution is 9.10. The van der Waals surface area contributed by atoms with Gasteiger partial charge in [0.15, 0.2) is 0 Å². The Balaban J connectivity index is 2.78. The molecule has 5 nitrogen and oxygen atoms in total. The van der Waals surface area contributed by atoms with Crippen LogP contribution in [0, 0.1) is 0 Å². The fourth-order valence-corrected chi connectivity index (χ4v) is 1.57. The third-order valence-corrected chi connectivity index (χ3v) is 2.47. The molecule has 0 bridgehead atoms. The lowest BCUT2D eigenvalue weighted by Crippen LogP contribution is -2.17. The molecule has 0 unspecified atom stereocenters. The van der Waals surface area contributed by atoms with Gasteiger partial charge in [0.25, 0.3) is 0 Å². The first kappa shape index (κ1) is 16.0. The SMILES string of the molecule is O=C(O)/C=C\C(=O)Nc1ccc(OC(F)(F)F)cc1Br. The van der Waals surface area contributed by atoms with Gasteiger partial charge in [0.05, 0.1) is 5.69 Å². The molecule has 1 rings (SSSR count). The number of hydrogen-bond donors (Lipinski definition) is 2. The number of amides is 1. The number of benzene rings is 1. The summed E-state index contributed by atoms with van der Waals surface area (Å²) in [6.45, 7) is 0. The lowest BCUT2D eigenvalue weighted by molar-refractivity contribution is -0.274. The topological polar surface area (TPSA) is 75.6 Å². The number of halogens is 4. The monoisotopic (exact) mass is 353 g/mol. The first-order valence-corrected chi connectivity index (χ1v) is 5.74. The number of rotatable bonds is 4. The van der Waals surface area contributed by atoms with Gasteiger partial charge in [0.1, 0.15) is 5.75 Å². The van der Waals surface area contributed by atoms with Gasteiger partial charge in [-0.1, -0.05) is 0 Å². The molecule has 0 aliphatic carbocycles. The van der Waals surface area contributed by atoms with E-state index < -0.39 is 24.0 Å². The number of carbonyl (C=O) groups excluding carboxylic acids is 1. The van der Waals surface area contributed by atoms with Gasteiger partial charge in [0, 0.05) is 16.6 Å². The standard InChI is InChI=1S/C11H7BrF3NO4/c12-7-5-6(20-11(13,14)15)1-2-8(7)16-9(17)3-4-10(18)19/h1-5H,(H,16,17)(H,18,19)/b4-3-. The van der Waals surface area contributed by atoms with Gasteiger partial charge < -0.3 is 15.2 Å². The van der Waals surface area contributed by atoms with Crippen LogP contribution in [0.1, 0.15) is 0 Å². The number of carboxylic acids is 1. The van der Waals surface area contributed by atoms with Crippen LogP contribution in [0.4, 0.5) is 18.9 Å². The highest BCUT2D eigenvalue weighted by atomic mass is 79.9. The average Bonchev–Trinajstić information content (AvgIpc) is 2.28. The molecule has 0 fully saturated rings. The van der Waals surface area contributed by atoms with Crippen molar-refractivity contribution in [2.75, 3.05) is 5.32 Å². The van der Waals surface area contributed by atoms with Crippen molar-refractivity contribution in [1.82, 2.24) is 0 Å². The normalized spacial score (nSPS) is 11.4. The summed E-state index contributed by atoms with van der Waals surface area (Å²) in [5.41, 5.74) is 0.166. The molecule has 0 spiro atoms. The Labute approximate surface area is 119 Å². The van der Waals surface area contributed by atoms with E-state index in [9.17, 15) is 22.8 Å². The first-order chi connectivity index (χ1) is 9.17. The molecule has 0 aromatic heterocycles. The Morgan fingerprint density at radius 1 is 1.30 bits per heavy atom. The van der Waals surface area contributed by atoms with Crippen LogP contribution in [0.3, 0.4) is 0 Å². The number of anilines is 1. The summed E-state index contributed by atoms with van der Waals surface area (Å²) in [7, 11) is 0. The fraction of sp³-hybridized carbons (Fsp3) is 0.0909. The van der Waals surface area contributed by atoms with Crippen LogP contribution in [0.25, 0.3) is 0 Å². The third kappa shape index (κ3) is 5.74. The predicted molar refractivity (Wildman–Crippen MR) is 66.2 cm³/mol. The summed E-state index contributed by atoms with van der Waals surface area (Å²) in [5, 5.41) is 10.6. The molecule has 0 radical (unpaired) electrons. The summed E-state index contributed by atoms with van der Waals surface area (Å²) in [6.07, 6.45) is -3.41. The van der Waals surface area contributed by atoms with Crippen LogP contribution in [0.15, 0.2) is 34.8 Å². The van der Waals surface area contributed by atoms with E-state index in [-0.39, 0.29) is 10.2 Å². The summed E-state index contributed by atoms with van der Waals surface area (Å²) in [6, 6.07) is 3.20. The molecule has 0 aliphatic rings. The van der Waals surface area contributed by atoms with Crippen LogP contribution in [-0.2, 0) is 9.59 Å². The number of carbonyl (C=O) groups is 2. The number of nitrogens with one attached hydrogen (secondary N) is 1. The minimum absolute atomic E-state index is 0.149. The van der Waals surface area contributed by atoms with Gasteiger partial charge in [-0.25, -0.2) is 4.79 Å². The summed E-state index contributed by atoms with van der Waals surface area (Å²) >= 11 is 2.96. The van der Waals surface area contributed by atoms with E-state index >= 15 is 0 Å². The van der Waals surface area contributed by atoms with Gasteiger partial charge >= 0.3 is 12.3 Å². The second kappa shape index (κ2) is 6.42. The molecule has 0 saturated carbocycles. The molecule has 9 heteroatoms. The first-order valence-electron chi connectivity index (χ1n) is 4.94. The summed E-state index contributed by atoms with van der Waals surface area (Å²) in [4.78, 5) is 21.5. The van der Waals surface area contributed by atoms with Crippen molar-refractivity contribution in [3.63, 3.8) is 0 Å². The van der Waals surface area contributed by atoms with Crippen molar-refractivity contribution in [2.45, 2.75) is 6.36 Å². The van der Waals surface area contributed by atoms with E-state index in [0.29, 0.717) is 6.08 Å². The van der Waals surface area contributed by atoms with Crippen LogP contribution >= 0.6 is 15.9 Å². The minimum Gasteiger partial charge on any atom is -0.478 e. The van der Waals surface area contributed by atoms with Gasteiger partial charge in [-0.05, 0) is 34.1 Å². The molecule has 20 heavy (non-hydrogen) atoms. The maximum absolute atomic E-state index is 12.0. The zero-order valence-electron chi connectivity index (χ0n) is 9.57. The predicted octanol–water partition coefficient (Wildman–Crippen LogP) is 2.93. The van der Waals surface area contributed by atoms with Crippen molar-refractivity contribution in [2.24, 2.45) is 0 Å². The van der Waals surface area contributed by atoms with Crippen LogP contribution in [-0.4, -0.2) is 23.3 Å². The molecule has 2 N–H and O–H groups in total. The quantitative estimate of drug-likeness (QED) is 0.816. The lowest BCUT2D eigenvalue weighted by Gasteiger charge is -2.11. The second-order valence-electron chi connectivity index (χ2n) is 3.35. The molecule has 1 aromatic rings. The van der Waals surface area contributed by atoms with Gasteiger partial charge in [-0.15, -0.1) is 13.2 Å². The van der Waals surface area contributed by atoms with Crippen molar-refractivity contribution in [3.8, 4) is 5.75 Å². The van der Waals surface area contributed by atoms with E-state index in [1.54, 1.807) is 0 Å². The third-order valence-electron chi connectivity index (χ3n) is 1.81. The molecule has 0 heterocycles. The van der Waals surface area contributed by atoms with E-state index in [0.717, 1.165) is 18.2 Å². The van der Waals surface area contributed by atoms with Crippen LogP contribution in [0.5, 0.6) is 5.75 Å². The highest BCUT2D eigenvalue weighted by Gasteiger charge is 2.31. The molecule has 108 valence electrons. The Morgan fingerprint density at radius 2 is 1.95 bits per heavy atom. The van der Waals surface area contributed by atoms with Crippen molar-refractivity contribution in [1.29, 1.82) is 0 Å². The van der Waals surface area contributed by atoms with Gasteiger partial charge in [-0.2, -0.15) is 0 Å². The molecule has 1 amide bonds. The van der Waals surface area contributed by atoms with E-state index in [1.165, 1.54) is 6.07 Å². The van der Waals surface area contributed by atoms with E-state index in [2.05, 4.69) is 26.0 Å². The maximum Gasteiger partial charge on any atom is 0.573 e. The van der Waals surface area contributed by atoms with Crippen LogP contribution in [0.2, 0.25) is 0 Å². The average molecular weight is 354 g/mol. The van der Waals surface area contributed by atoms with E-state index in [4.69, 9.17) is 5.11 Å². The molecule has 0 aliphatic heterocycles. The Morgan fingerprint density at radius 3 is 2.45 bits per heavy atom. The fourth-order valence-electron chi connectivity index (χ4n) is 1.12. The number of aliphatic carboxylic acids is 1. The smallest absolute Gasteiger partial charge is 0.478 e. The number of hydrogen-bond acceptors (Lipinski definition) is 3. The Hall–Kier alpha value is -2.03. The zero-order valence-corrected chi connectivity index (χ0v) is 11.2. The molecule has 0 atom stereocenters. The van der Waals surface area contributed by atoms with Crippen LogP contribution < -0.4 is 10.1 Å². The van der Waals surface area contributed by atoms with Crippen molar-refractivity contribution >= 4 is 33.5 Å². The largest absolute Gasteiger partial charge is 0.573 e.